The van der Waals surface area contributed by atoms with Gasteiger partial charge in [-0.25, -0.2) is 17.2 Å². The molecule has 0 spiro atoms. The predicted octanol–water partition coefficient (Wildman–Crippen LogP) is 2.94. The zero-order valence-electron chi connectivity index (χ0n) is 16.7. The van der Waals surface area contributed by atoms with Gasteiger partial charge in [0.1, 0.15) is 22.3 Å². The predicted molar refractivity (Wildman–Crippen MR) is 111 cm³/mol. The highest BCUT2D eigenvalue weighted by Gasteiger charge is 2.31. The molecule has 162 valence electrons. The molecule has 2 aromatic carbocycles. The van der Waals surface area contributed by atoms with Gasteiger partial charge in [0.05, 0.1) is 12.8 Å². The number of piperazine rings is 1. The van der Waals surface area contributed by atoms with Crippen LogP contribution in [0.1, 0.15) is 0 Å². The average molecular weight is 446 g/mol. The van der Waals surface area contributed by atoms with Crippen molar-refractivity contribution < 1.29 is 21.9 Å². The molecule has 2 heterocycles. The summed E-state index contributed by atoms with van der Waals surface area (Å²) >= 11 is 0. The Balaban J connectivity index is 1.47. The Morgan fingerprint density at radius 1 is 0.935 bits per heavy atom. The van der Waals surface area contributed by atoms with Crippen molar-refractivity contribution in [2.45, 2.75) is 4.90 Å². The van der Waals surface area contributed by atoms with E-state index in [0.717, 1.165) is 22.0 Å². The molecule has 0 atom stereocenters. The number of para-hydroxylation sites is 1. The van der Waals surface area contributed by atoms with E-state index in [1.54, 1.807) is 7.11 Å². The van der Waals surface area contributed by atoms with Gasteiger partial charge in [0.15, 0.2) is 5.82 Å². The molecule has 4 rings (SSSR count). The Morgan fingerprint density at radius 2 is 1.68 bits per heavy atom. The van der Waals surface area contributed by atoms with Crippen LogP contribution in [0.2, 0.25) is 0 Å². The lowest BCUT2D eigenvalue weighted by molar-refractivity contribution is 0.380. The monoisotopic (exact) mass is 446 g/mol. The number of aromatic nitrogens is 2. The van der Waals surface area contributed by atoms with Crippen LogP contribution in [-0.4, -0.2) is 56.2 Å². The Morgan fingerprint density at radius 3 is 2.35 bits per heavy atom. The van der Waals surface area contributed by atoms with Gasteiger partial charge in [-0.3, -0.25) is 0 Å². The number of nitrogens with zero attached hydrogens (tertiary/aromatic N) is 4. The van der Waals surface area contributed by atoms with Crippen molar-refractivity contribution in [3.05, 3.63) is 66.2 Å². The van der Waals surface area contributed by atoms with E-state index in [0.29, 0.717) is 36.4 Å². The van der Waals surface area contributed by atoms with Gasteiger partial charge in [-0.05, 0) is 42.5 Å². The van der Waals surface area contributed by atoms with Crippen LogP contribution in [0.25, 0.3) is 11.3 Å². The smallest absolute Gasteiger partial charge is 0.246 e. The summed E-state index contributed by atoms with van der Waals surface area (Å²) in [6, 6.07) is 13.5. The molecule has 1 fully saturated rings. The molecule has 0 aliphatic carbocycles. The van der Waals surface area contributed by atoms with Gasteiger partial charge in [0.2, 0.25) is 10.0 Å². The van der Waals surface area contributed by atoms with Gasteiger partial charge in [0.25, 0.3) is 0 Å². The third-order valence-electron chi connectivity index (χ3n) is 5.11. The third-order valence-corrected chi connectivity index (χ3v) is 7.02. The van der Waals surface area contributed by atoms with Crippen molar-refractivity contribution in [1.29, 1.82) is 0 Å². The van der Waals surface area contributed by atoms with Crippen LogP contribution >= 0.6 is 0 Å². The quantitative estimate of drug-likeness (QED) is 0.600. The van der Waals surface area contributed by atoms with E-state index >= 15 is 0 Å². The molecule has 10 heteroatoms. The molecule has 0 bridgehead atoms. The second kappa shape index (κ2) is 8.56. The molecule has 1 saturated heterocycles. The highest BCUT2D eigenvalue weighted by atomic mass is 32.2. The number of benzene rings is 2. The molecule has 0 radical (unpaired) electrons. The zero-order valence-corrected chi connectivity index (χ0v) is 17.5. The summed E-state index contributed by atoms with van der Waals surface area (Å²) in [4.78, 5) is 1.24. The summed E-state index contributed by atoms with van der Waals surface area (Å²) < 4.78 is 59.4. The molecule has 0 amide bonds. The number of methoxy groups -OCH3 is 1. The number of sulfonamides is 1. The van der Waals surface area contributed by atoms with Gasteiger partial charge in [0, 0.05) is 31.7 Å². The first-order valence-corrected chi connectivity index (χ1v) is 11.0. The van der Waals surface area contributed by atoms with Gasteiger partial charge in [-0.15, -0.1) is 10.2 Å². The lowest BCUT2D eigenvalue weighted by atomic mass is 10.1. The topological polar surface area (TPSA) is 75.6 Å². The highest BCUT2D eigenvalue weighted by Crippen LogP contribution is 2.28. The fourth-order valence-electron chi connectivity index (χ4n) is 3.47. The summed E-state index contributed by atoms with van der Waals surface area (Å²) in [5.41, 5.74) is 1.47. The maximum Gasteiger partial charge on any atom is 0.246 e. The minimum absolute atomic E-state index is 0.119. The van der Waals surface area contributed by atoms with Crippen molar-refractivity contribution in [2.75, 3.05) is 38.2 Å². The summed E-state index contributed by atoms with van der Waals surface area (Å²) in [6.07, 6.45) is 0. The van der Waals surface area contributed by atoms with E-state index < -0.39 is 26.6 Å². The summed E-state index contributed by atoms with van der Waals surface area (Å²) in [7, 11) is -2.54. The Labute approximate surface area is 178 Å². The number of anilines is 1. The van der Waals surface area contributed by atoms with E-state index in [1.807, 2.05) is 41.3 Å². The summed E-state index contributed by atoms with van der Waals surface area (Å²) in [6.45, 7) is 0.931. The second-order valence-electron chi connectivity index (χ2n) is 6.94. The van der Waals surface area contributed by atoms with E-state index in [4.69, 9.17) is 4.74 Å². The Bertz CT molecular complexity index is 1180. The van der Waals surface area contributed by atoms with Gasteiger partial charge < -0.3 is 9.64 Å². The molecule has 31 heavy (non-hydrogen) atoms. The maximum absolute atomic E-state index is 14.0. The average Bonchev–Trinajstić information content (AvgIpc) is 2.80. The normalized spacial score (nSPS) is 15.1. The summed E-state index contributed by atoms with van der Waals surface area (Å²) in [5, 5.41) is 8.54. The molecule has 1 aromatic heterocycles. The van der Waals surface area contributed by atoms with E-state index in [2.05, 4.69) is 10.2 Å². The molecule has 1 aliphatic heterocycles. The Hall–Kier alpha value is -3.11. The number of hydrogen-bond acceptors (Lipinski definition) is 6. The number of halogens is 2. The largest absolute Gasteiger partial charge is 0.496 e. The SMILES string of the molecule is COc1ccccc1-c1ccc(N2CCN(S(=O)(=O)c3cc(F)ccc3F)CC2)nn1. The summed E-state index contributed by atoms with van der Waals surface area (Å²) in [5.74, 6) is -0.480. The highest BCUT2D eigenvalue weighted by molar-refractivity contribution is 7.89. The van der Waals surface area contributed by atoms with Gasteiger partial charge in [-0.1, -0.05) is 12.1 Å². The molecule has 0 unspecified atom stereocenters. The first kappa shape index (κ1) is 21.1. The van der Waals surface area contributed by atoms with Crippen LogP contribution in [0.4, 0.5) is 14.6 Å². The van der Waals surface area contributed by atoms with Crippen LogP contribution in [0.5, 0.6) is 5.75 Å². The molecule has 0 N–H and O–H groups in total. The van der Waals surface area contributed by atoms with Crippen LogP contribution in [0.3, 0.4) is 0 Å². The minimum Gasteiger partial charge on any atom is -0.496 e. The Kier molecular flexibility index (Phi) is 5.84. The third kappa shape index (κ3) is 4.21. The molecule has 7 nitrogen and oxygen atoms in total. The molecular formula is C21H20F2N4O3S. The van der Waals surface area contributed by atoms with Crippen LogP contribution < -0.4 is 9.64 Å². The van der Waals surface area contributed by atoms with Crippen molar-refractivity contribution >= 4 is 15.8 Å². The lowest BCUT2D eigenvalue weighted by Gasteiger charge is -2.34. The van der Waals surface area contributed by atoms with Crippen LogP contribution in [-0.2, 0) is 10.0 Å². The molecule has 0 saturated carbocycles. The molecular weight excluding hydrogens is 426 g/mol. The maximum atomic E-state index is 14.0. The molecule has 3 aromatic rings. The fraction of sp³-hybridized carbons (Fsp3) is 0.238. The molecule has 1 aliphatic rings. The van der Waals surface area contributed by atoms with E-state index in [9.17, 15) is 17.2 Å². The van der Waals surface area contributed by atoms with Crippen molar-refractivity contribution in [3.63, 3.8) is 0 Å². The van der Waals surface area contributed by atoms with E-state index in [-0.39, 0.29) is 13.1 Å². The first-order chi connectivity index (χ1) is 14.9. The first-order valence-electron chi connectivity index (χ1n) is 9.57. The number of rotatable bonds is 5. The number of ether oxygens (including phenoxy) is 1. The number of hydrogen-bond donors (Lipinski definition) is 0. The van der Waals surface area contributed by atoms with Crippen molar-refractivity contribution in [2.24, 2.45) is 0 Å². The van der Waals surface area contributed by atoms with Crippen LogP contribution in [0, 0.1) is 11.6 Å². The van der Waals surface area contributed by atoms with Gasteiger partial charge >= 0.3 is 0 Å². The van der Waals surface area contributed by atoms with Crippen LogP contribution in [0.15, 0.2) is 59.5 Å². The standard InChI is InChI=1S/C21H20F2N4O3S/c1-30-19-5-3-2-4-16(19)18-8-9-21(25-24-18)26-10-12-27(13-11-26)31(28,29)20-14-15(22)6-7-17(20)23/h2-9,14H,10-13H2,1H3. The second-order valence-corrected chi connectivity index (χ2v) is 8.85. The van der Waals surface area contributed by atoms with Gasteiger partial charge in [-0.2, -0.15) is 4.31 Å². The van der Waals surface area contributed by atoms with E-state index in [1.165, 1.54) is 0 Å². The minimum atomic E-state index is -4.13. The van der Waals surface area contributed by atoms with Crippen molar-refractivity contribution in [3.8, 4) is 17.0 Å². The fourth-order valence-corrected chi connectivity index (χ4v) is 4.96. The van der Waals surface area contributed by atoms with Crippen molar-refractivity contribution in [1.82, 2.24) is 14.5 Å². The lowest BCUT2D eigenvalue weighted by Crippen LogP contribution is -2.49. The zero-order chi connectivity index (χ0) is 22.0.